The van der Waals surface area contributed by atoms with Gasteiger partial charge in [-0.3, -0.25) is 4.79 Å². The van der Waals surface area contributed by atoms with Crippen LogP contribution >= 0.6 is 0 Å². The van der Waals surface area contributed by atoms with Crippen LogP contribution in [0.1, 0.15) is 52.4 Å². The van der Waals surface area contributed by atoms with E-state index in [9.17, 15) is 4.79 Å². The van der Waals surface area contributed by atoms with Crippen LogP contribution in [0.3, 0.4) is 0 Å². The number of hydrogen-bond acceptors (Lipinski definition) is 2. The second-order valence-electron chi connectivity index (χ2n) is 5.31. The van der Waals surface area contributed by atoms with Crippen LogP contribution in [0, 0.1) is 5.92 Å². The number of aliphatic carboxylic acids is 1. The highest BCUT2D eigenvalue weighted by Gasteiger charge is 2.22. The van der Waals surface area contributed by atoms with Crippen molar-refractivity contribution in [2.24, 2.45) is 5.92 Å². The van der Waals surface area contributed by atoms with Crippen LogP contribution in [-0.2, 0) is 4.79 Å². The average molecular weight is 227 g/mol. The quantitative estimate of drug-likeness (QED) is 0.758. The number of carboxylic acids is 1. The van der Waals surface area contributed by atoms with E-state index in [0.717, 1.165) is 25.4 Å². The van der Waals surface area contributed by atoms with Crippen LogP contribution in [-0.4, -0.2) is 35.1 Å². The molecule has 0 bridgehead atoms. The summed E-state index contributed by atoms with van der Waals surface area (Å²) in [6.45, 7) is 6.66. The summed E-state index contributed by atoms with van der Waals surface area (Å²) in [7, 11) is 0. The molecule has 16 heavy (non-hydrogen) atoms. The zero-order valence-corrected chi connectivity index (χ0v) is 10.6. The van der Waals surface area contributed by atoms with Gasteiger partial charge in [0.2, 0.25) is 0 Å². The van der Waals surface area contributed by atoms with E-state index < -0.39 is 5.97 Å². The summed E-state index contributed by atoms with van der Waals surface area (Å²) in [4.78, 5) is 13.0. The molecule has 0 aromatic carbocycles. The molecule has 1 saturated heterocycles. The lowest BCUT2D eigenvalue weighted by atomic mass is 9.94. The van der Waals surface area contributed by atoms with Gasteiger partial charge in [-0.05, 0) is 44.7 Å². The molecule has 0 aromatic rings. The van der Waals surface area contributed by atoms with Gasteiger partial charge in [0.25, 0.3) is 0 Å². The Morgan fingerprint density at radius 2 is 2.19 bits per heavy atom. The number of nitrogens with zero attached hydrogens (tertiary/aromatic N) is 1. The van der Waals surface area contributed by atoms with Crippen molar-refractivity contribution < 1.29 is 9.90 Å². The zero-order chi connectivity index (χ0) is 12.0. The number of rotatable bonds is 6. The molecular weight excluding hydrogens is 202 g/mol. The van der Waals surface area contributed by atoms with Crippen molar-refractivity contribution in [2.75, 3.05) is 13.1 Å². The van der Waals surface area contributed by atoms with E-state index >= 15 is 0 Å². The number of hydrogen-bond donors (Lipinski definition) is 1. The molecule has 0 aliphatic carbocycles. The van der Waals surface area contributed by atoms with Crippen molar-refractivity contribution in [3.63, 3.8) is 0 Å². The second-order valence-corrected chi connectivity index (χ2v) is 5.31. The van der Waals surface area contributed by atoms with E-state index in [2.05, 4.69) is 18.7 Å². The fourth-order valence-corrected chi connectivity index (χ4v) is 2.60. The predicted molar refractivity (Wildman–Crippen MR) is 65.5 cm³/mol. The normalized spacial score (nSPS) is 22.6. The molecule has 1 heterocycles. The fourth-order valence-electron chi connectivity index (χ4n) is 2.60. The highest BCUT2D eigenvalue weighted by molar-refractivity contribution is 5.66. The lowest BCUT2D eigenvalue weighted by Gasteiger charge is -2.36. The van der Waals surface area contributed by atoms with E-state index in [1.165, 1.54) is 25.7 Å². The Morgan fingerprint density at radius 1 is 1.44 bits per heavy atom. The molecule has 0 amide bonds. The van der Waals surface area contributed by atoms with Gasteiger partial charge in [0.1, 0.15) is 0 Å². The first-order chi connectivity index (χ1) is 7.59. The molecule has 3 heteroatoms. The smallest absolute Gasteiger partial charge is 0.303 e. The summed E-state index contributed by atoms with van der Waals surface area (Å²) in [6.07, 6.45) is 6.28. The van der Waals surface area contributed by atoms with Gasteiger partial charge in [0, 0.05) is 12.5 Å². The highest BCUT2D eigenvalue weighted by Crippen LogP contribution is 2.22. The Hall–Kier alpha value is -0.570. The fraction of sp³-hybridized carbons (Fsp3) is 0.923. The minimum atomic E-state index is -0.669. The lowest BCUT2D eigenvalue weighted by molar-refractivity contribution is -0.137. The van der Waals surface area contributed by atoms with Crippen LogP contribution in [0.2, 0.25) is 0 Å². The summed E-state index contributed by atoms with van der Waals surface area (Å²) in [6, 6.07) is 0.697. The molecule has 1 rings (SSSR count). The molecule has 0 radical (unpaired) electrons. The van der Waals surface area contributed by atoms with E-state index in [0.29, 0.717) is 12.5 Å². The summed E-state index contributed by atoms with van der Waals surface area (Å²) in [5.41, 5.74) is 0. The summed E-state index contributed by atoms with van der Waals surface area (Å²) < 4.78 is 0. The molecule has 3 nitrogen and oxygen atoms in total. The largest absolute Gasteiger partial charge is 0.481 e. The van der Waals surface area contributed by atoms with Crippen LogP contribution in [0.4, 0.5) is 0 Å². The lowest BCUT2D eigenvalue weighted by Crippen LogP contribution is -2.40. The SMILES string of the molecule is CC(C)CC1CCCCN1CCCC(=O)O. The molecule has 1 aliphatic rings. The van der Waals surface area contributed by atoms with E-state index in [1.54, 1.807) is 0 Å². The summed E-state index contributed by atoms with van der Waals surface area (Å²) >= 11 is 0. The van der Waals surface area contributed by atoms with Gasteiger partial charge in [-0.15, -0.1) is 0 Å². The maximum absolute atomic E-state index is 10.5. The molecule has 1 fully saturated rings. The average Bonchev–Trinajstić information content (AvgIpc) is 2.19. The molecule has 94 valence electrons. The van der Waals surface area contributed by atoms with Crippen molar-refractivity contribution in [1.29, 1.82) is 0 Å². The van der Waals surface area contributed by atoms with Gasteiger partial charge in [-0.25, -0.2) is 0 Å². The third-order valence-electron chi connectivity index (χ3n) is 3.33. The first-order valence-corrected chi connectivity index (χ1v) is 6.55. The number of carbonyl (C=O) groups is 1. The van der Waals surface area contributed by atoms with Gasteiger partial charge in [0.05, 0.1) is 0 Å². The molecule has 0 spiro atoms. The third-order valence-corrected chi connectivity index (χ3v) is 3.33. The Morgan fingerprint density at radius 3 is 2.81 bits per heavy atom. The molecule has 1 unspecified atom stereocenters. The molecule has 1 aliphatic heterocycles. The standard InChI is InChI=1S/C13H25NO2/c1-11(2)10-12-6-3-4-8-14(12)9-5-7-13(15)16/h11-12H,3-10H2,1-2H3,(H,15,16). The first-order valence-electron chi connectivity index (χ1n) is 6.55. The van der Waals surface area contributed by atoms with Crippen molar-refractivity contribution in [2.45, 2.75) is 58.4 Å². The van der Waals surface area contributed by atoms with E-state index in [1.807, 2.05) is 0 Å². The number of piperidine rings is 1. The van der Waals surface area contributed by atoms with Crippen LogP contribution in [0.25, 0.3) is 0 Å². The van der Waals surface area contributed by atoms with Crippen LogP contribution in [0.5, 0.6) is 0 Å². The maximum Gasteiger partial charge on any atom is 0.303 e. The van der Waals surface area contributed by atoms with Gasteiger partial charge in [-0.1, -0.05) is 20.3 Å². The second kappa shape index (κ2) is 6.89. The van der Waals surface area contributed by atoms with Crippen molar-refractivity contribution in [1.82, 2.24) is 4.90 Å². The Labute approximate surface area is 98.8 Å². The Kier molecular flexibility index (Phi) is 5.81. The third kappa shape index (κ3) is 4.97. The summed E-state index contributed by atoms with van der Waals surface area (Å²) in [5, 5.41) is 8.64. The maximum atomic E-state index is 10.5. The van der Waals surface area contributed by atoms with Gasteiger partial charge in [-0.2, -0.15) is 0 Å². The van der Waals surface area contributed by atoms with Gasteiger partial charge >= 0.3 is 5.97 Å². The highest BCUT2D eigenvalue weighted by atomic mass is 16.4. The molecule has 1 N–H and O–H groups in total. The number of likely N-dealkylation sites (tertiary alicyclic amines) is 1. The predicted octanol–water partition coefficient (Wildman–Crippen LogP) is 2.75. The van der Waals surface area contributed by atoms with Gasteiger partial charge in [0.15, 0.2) is 0 Å². The van der Waals surface area contributed by atoms with Crippen molar-refractivity contribution in [3.05, 3.63) is 0 Å². The minimum absolute atomic E-state index is 0.310. The van der Waals surface area contributed by atoms with Crippen molar-refractivity contribution >= 4 is 5.97 Å². The summed E-state index contributed by atoms with van der Waals surface area (Å²) in [5.74, 6) is 0.0718. The van der Waals surface area contributed by atoms with Crippen LogP contribution < -0.4 is 0 Å². The van der Waals surface area contributed by atoms with Crippen LogP contribution in [0.15, 0.2) is 0 Å². The monoisotopic (exact) mass is 227 g/mol. The molecule has 0 aromatic heterocycles. The molecular formula is C13H25NO2. The topological polar surface area (TPSA) is 40.5 Å². The van der Waals surface area contributed by atoms with Gasteiger partial charge < -0.3 is 10.0 Å². The molecule has 1 atom stereocenters. The van der Waals surface area contributed by atoms with E-state index in [-0.39, 0.29) is 0 Å². The zero-order valence-electron chi connectivity index (χ0n) is 10.6. The van der Waals surface area contributed by atoms with E-state index in [4.69, 9.17) is 5.11 Å². The number of carboxylic acid groups (broad SMARTS) is 1. The Balaban J connectivity index is 2.31. The first kappa shape index (κ1) is 13.5. The minimum Gasteiger partial charge on any atom is -0.481 e. The molecule has 0 saturated carbocycles. The Bertz CT molecular complexity index is 216. The van der Waals surface area contributed by atoms with Crippen molar-refractivity contribution in [3.8, 4) is 0 Å².